The van der Waals surface area contributed by atoms with Crippen molar-refractivity contribution in [3.8, 4) is 0 Å². The molecule has 0 atom stereocenters. The van der Waals surface area contributed by atoms with Gasteiger partial charge in [-0.25, -0.2) is 0 Å². The predicted molar refractivity (Wildman–Crippen MR) is 58.6 cm³/mol. The van der Waals surface area contributed by atoms with Crippen LogP contribution in [0.3, 0.4) is 0 Å². The Morgan fingerprint density at radius 1 is 1.29 bits per heavy atom. The molecule has 1 aromatic carbocycles. The van der Waals surface area contributed by atoms with Crippen LogP contribution in [0.1, 0.15) is 12.5 Å². The predicted octanol–water partition coefficient (Wildman–Crippen LogP) is 1.64. The summed E-state index contributed by atoms with van der Waals surface area (Å²) in [5, 5.41) is 3.37. The van der Waals surface area contributed by atoms with Gasteiger partial charge in [-0.05, 0) is 12.5 Å². The van der Waals surface area contributed by atoms with Crippen molar-refractivity contribution in [2.75, 3.05) is 19.6 Å². The van der Waals surface area contributed by atoms with Crippen LogP contribution in [-0.2, 0) is 6.54 Å². The molecule has 0 spiro atoms. The third-order valence-electron chi connectivity index (χ3n) is 2.70. The number of nitrogens with zero attached hydrogens (tertiary/aromatic N) is 1. The average molecular weight is 189 g/mol. The average Bonchev–Trinajstić information content (AvgIpc) is 2.23. The van der Waals surface area contributed by atoms with E-state index in [1.54, 1.807) is 0 Å². The highest BCUT2D eigenvalue weighted by Crippen LogP contribution is 2.14. The maximum absolute atomic E-state index is 3.37. The van der Waals surface area contributed by atoms with Gasteiger partial charge < -0.3 is 5.32 Å². The van der Waals surface area contributed by atoms with Crippen LogP contribution in [-0.4, -0.2) is 24.5 Å². The number of hydrogen-bond acceptors (Lipinski definition) is 2. The van der Waals surface area contributed by atoms with E-state index in [0.717, 1.165) is 26.2 Å². The molecule has 1 N–H and O–H groups in total. The van der Waals surface area contributed by atoms with E-state index in [4.69, 9.17) is 0 Å². The Hall–Kier alpha value is -0.860. The molecule has 0 aliphatic carbocycles. The monoisotopic (exact) mass is 189 g/mol. The van der Waals surface area contributed by atoms with Crippen molar-refractivity contribution in [3.05, 3.63) is 41.9 Å². The quantitative estimate of drug-likeness (QED) is 0.761. The smallest absolute Gasteiger partial charge is 0.0503 e. The highest BCUT2D eigenvalue weighted by atomic mass is 15.2. The van der Waals surface area contributed by atoms with Crippen LogP contribution >= 0.6 is 0 Å². The topological polar surface area (TPSA) is 15.3 Å². The fraction of sp³-hybridized carbons (Fsp3) is 0.417. The molecule has 0 saturated carbocycles. The molecule has 0 bridgehead atoms. The molecule has 1 saturated heterocycles. The van der Waals surface area contributed by atoms with Gasteiger partial charge in [-0.1, -0.05) is 30.3 Å². The van der Waals surface area contributed by atoms with E-state index in [0.29, 0.717) is 0 Å². The van der Waals surface area contributed by atoms with Crippen LogP contribution in [0.25, 0.3) is 0 Å². The fourth-order valence-electron chi connectivity index (χ4n) is 1.80. The zero-order chi connectivity index (χ0) is 9.80. The first-order chi connectivity index (χ1) is 6.86. The largest absolute Gasteiger partial charge is 0.314 e. The molecule has 1 heterocycles. The number of rotatable bonds is 2. The lowest BCUT2D eigenvalue weighted by molar-refractivity contribution is 0.239. The van der Waals surface area contributed by atoms with E-state index < -0.39 is 0 Å². The van der Waals surface area contributed by atoms with Gasteiger partial charge in [0, 0.05) is 26.2 Å². The molecular formula is C12H17N2. The van der Waals surface area contributed by atoms with Crippen LogP contribution < -0.4 is 5.32 Å². The second kappa shape index (κ2) is 4.58. The van der Waals surface area contributed by atoms with Gasteiger partial charge in [0.25, 0.3) is 0 Å². The standard InChI is InChI=1S/C12H17N2/c1-11-9-13-7-8-14(11)10-12-5-3-2-4-6-12/h2-6,13H,7-10H2,1H3. The van der Waals surface area contributed by atoms with Crippen molar-refractivity contribution in [2.24, 2.45) is 0 Å². The Labute approximate surface area is 85.9 Å². The van der Waals surface area contributed by atoms with Gasteiger partial charge in [0.05, 0.1) is 6.04 Å². The van der Waals surface area contributed by atoms with Gasteiger partial charge in [-0.15, -0.1) is 0 Å². The molecule has 0 unspecified atom stereocenters. The van der Waals surface area contributed by atoms with Crippen LogP contribution in [0.15, 0.2) is 30.3 Å². The Bertz CT molecular complexity index is 271. The lowest BCUT2D eigenvalue weighted by Crippen LogP contribution is -2.44. The molecule has 1 fully saturated rings. The summed E-state index contributed by atoms with van der Waals surface area (Å²) in [7, 11) is 0. The lowest BCUT2D eigenvalue weighted by atomic mass is 10.1. The van der Waals surface area contributed by atoms with Crippen LogP contribution in [0, 0.1) is 6.04 Å². The maximum Gasteiger partial charge on any atom is 0.0503 e. The number of hydrogen-bond donors (Lipinski definition) is 1. The molecule has 0 amide bonds. The summed E-state index contributed by atoms with van der Waals surface area (Å²) >= 11 is 0. The summed E-state index contributed by atoms with van der Waals surface area (Å²) in [4.78, 5) is 2.45. The molecule has 1 aliphatic rings. The summed E-state index contributed by atoms with van der Waals surface area (Å²) in [6.45, 7) is 6.52. The van der Waals surface area contributed by atoms with Crippen molar-refractivity contribution in [1.29, 1.82) is 0 Å². The summed E-state index contributed by atoms with van der Waals surface area (Å²) < 4.78 is 0. The van der Waals surface area contributed by atoms with Crippen molar-refractivity contribution in [1.82, 2.24) is 10.2 Å². The highest BCUT2D eigenvalue weighted by molar-refractivity contribution is 5.15. The fourth-order valence-corrected chi connectivity index (χ4v) is 1.80. The summed E-state index contributed by atoms with van der Waals surface area (Å²) in [5.74, 6) is 0. The van der Waals surface area contributed by atoms with Crippen molar-refractivity contribution in [2.45, 2.75) is 13.5 Å². The van der Waals surface area contributed by atoms with Gasteiger partial charge in [0.2, 0.25) is 0 Å². The molecule has 0 aromatic heterocycles. The summed E-state index contributed by atoms with van der Waals surface area (Å²) in [6, 6.07) is 12.1. The number of nitrogens with one attached hydrogen (secondary N) is 1. The molecule has 1 aliphatic heterocycles. The lowest BCUT2D eigenvalue weighted by Gasteiger charge is -2.33. The van der Waals surface area contributed by atoms with Crippen molar-refractivity contribution < 1.29 is 0 Å². The van der Waals surface area contributed by atoms with Gasteiger partial charge in [0.15, 0.2) is 0 Å². The minimum Gasteiger partial charge on any atom is -0.314 e. The third-order valence-corrected chi connectivity index (χ3v) is 2.70. The minimum absolute atomic E-state index is 1.03. The van der Waals surface area contributed by atoms with E-state index in [9.17, 15) is 0 Å². The van der Waals surface area contributed by atoms with Gasteiger partial charge in [-0.2, -0.15) is 0 Å². The van der Waals surface area contributed by atoms with Crippen LogP contribution in [0.2, 0.25) is 0 Å². The van der Waals surface area contributed by atoms with Gasteiger partial charge >= 0.3 is 0 Å². The zero-order valence-corrected chi connectivity index (χ0v) is 8.66. The molecule has 1 radical (unpaired) electrons. The Balaban J connectivity index is 1.96. The first-order valence-corrected chi connectivity index (χ1v) is 5.18. The first-order valence-electron chi connectivity index (χ1n) is 5.18. The van der Waals surface area contributed by atoms with Crippen molar-refractivity contribution >= 4 is 0 Å². The van der Waals surface area contributed by atoms with Crippen molar-refractivity contribution in [3.63, 3.8) is 0 Å². The normalized spacial score (nSPS) is 19.8. The summed E-state index contributed by atoms with van der Waals surface area (Å²) in [6.07, 6.45) is 0. The Morgan fingerprint density at radius 2 is 2.07 bits per heavy atom. The van der Waals surface area contributed by atoms with E-state index >= 15 is 0 Å². The van der Waals surface area contributed by atoms with Gasteiger partial charge in [0.1, 0.15) is 0 Å². The molecule has 1 aromatic rings. The molecule has 14 heavy (non-hydrogen) atoms. The molecule has 2 nitrogen and oxygen atoms in total. The molecule has 2 heteroatoms. The minimum atomic E-state index is 1.03. The SMILES string of the molecule is C[C]1CNCCN1Cc1ccccc1. The second-order valence-corrected chi connectivity index (χ2v) is 3.82. The van der Waals surface area contributed by atoms with E-state index in [-0.39, 0.29) is 0 Å². The van der Waals surface area contributed by atoms with E-state index in [1.165, 1.54) is 11.6 Å². The number of benzene rings is 1. The zero-order valence-electron chi connectivity index (χ0n) is 8.66. The third kappa shape index (κ3) is 2.34. The molecule has 75 valence electrons. The van der Waals surface area contributed by atoms with E-state index in [1.807, 2.05) is 0 Å². The molecule has 2 rings (SSSR count). The van der Waals surface area contributed by atoms with E-state index in [2.05, 4.69) is 47.5 Å². The second-order valence-electron chi connectivity index (χ2n) is 3.82. The molecular weight excluding hydrogens is 172 g/mol. The van der Waals surface area contributed by atoms with Gasteiger partial charge in [-0.3, -0.25) is 4.90 Å². The maximum atomic E-state index is 3.37. The van der Waals surface area contributed by atoms with Crippen LogP contribution in [0.5, 0.6) is 0 Å². The summed E-state index contributed by atoms with van der Waals surface area (Å²) in [5.41, 5.74) is 1.40. The van der Waals surface area contributed by atoms with Crippen LogP contribution in [0.4, 0.5) is 0 Å². The Morgan fingerprint density at radius 3 is 2.79 bits per heavy atom. The number of piperazine rings is 1. The Kier molecular flexibility index (Phi) is 3.17. The first kappa shape index (κ1) is 9.69. The highest BCUT2D eigenvalue weighted by Gasteiger charge is 2.17.